The molecule has 0 amide bonds. The van der Waals surface area contributed by atoms with Crippen molar-refractivity contribution in [2.75, 3.05) is 0 Å². The van der Waals surface area contributed by atoms with Gasteiger partial charge in [0.2, 0.25) is 0 Å². The van der Waals surface area contributed by atoms with Crippen LogP contribution in [0, 0.1) is 6.92 Å². The highest BCUT2D eigenvalue weighted by atomic mass is 32.2. The molecule has 0 bridgehead atoms. The number of aromatic nitrogens is 3. The summed E-state index contributed by atoms with van der Waals surface area (Å²) in [7, 11) is 0. The van der Waals surface area contributed by atoms with Crippen molar-refractivity contribution in [3.8, 4) is 5.69 Å². The van der Waals surface area contributed by atoms with E-state index in [1.807, 2.05) is 19.3 Å². The summed E-state index contributed by atoms with van der Waals surface area (Å²) in [5, 5.41) is 4.23. The molecule has 0 saturated heterocycles. The fourth-order valence-corrected chi connectivity index (χ4v) is 3.81. The van der Waals surface area contributed by atoms with Gasteiger partial charge in [0.1, 0.15) is 0 Å². The zero-order valence-electron chi connectivity index (χ0n) is 13.0. The maximum absolute atomic E-state index is 4.50. The van der Waals surface area contributed by atoms with Gasteiger partial charge in [-0.1, -0.05) is 37.7 Å². The number of imidazole rings is 1. The molecule has 0 aliphatic heterocycles. The van der Waals surface area contributed by atoms with E-state index in [1.165, 1.54) is 5.56 Å². The Balaban J connectivity index is 1.76. The lowest BCUT2D eigenvalue weighted by Crippen LogP contribution is -1.96. The minimum atomic E-state index is 0.554. The van der Waals surface area contributed by atoms with Crippen LogP contribution in [0.4, 0.5) is 0 Å². The molecule has 0 radical (unpaired) electrons. The molecular formula is C17H19N3S2. The number of hydrogen-bond donors (Lipinski definition) is 0. The molecule has 3 rings (SSSR count). The number of benzene rings is 1. The van der Waals surface area contributed by atoms with E-state index in [2.05, 4.69) is 58.0 Å². The van der Waals surface area contributed by atoms with Gasteiger partial charge in [0.25, 0.3) is 0 Å². The van der Waals surface area contributed by atoms with Crippen molar-refractivity contribution >= 4 is 23.1 Å². The highest BCUT2D eigenvalue weighted by Gasteiger charge is 2.08. The topological polar surface area (TPSA) is 30.7 Å². The van der Waals surface area contributed by atoms with Crippen LogP contribution in [0.3, 0.4) is 0 Å². The number of thiazole rings is 1. The molecule has 0 unspecified atom stereocenters. The van der Waals surface area contributed by atoms with Gasteiger partial charge in [-0.05, 0) is 30.5 Å². The van der Waals surface area contributed by atoms with Gasteiger partial charge in [-0.2, -0.15) is 0 Å². The van der Waals surface area contributed by atoms with Gasteiger partial charge in [0.15, 0.2) is 5.16 Å². The minimum absolute atomic E-state index is 0.554. The van der Waals surface area contributed by atoms with Crippen LogP contribution in [0.1, 0.15) is 36.0 Å². The fraction of sp³-hybridized carbons (Fsp3) is 0.294. The molecule has 0 aliphatic carbocycles. The summed E-state index contributed by atoms with van der Waals surface area (Å²) < 4.78 is 2.13. The van der Waals surface area contributed by atoms with E-state index in [0.717, 1.165) is 27.3 Å². The van der Waals surface area contributed by atoms with Gasteiger partial charge >= 0.3 is 0 Å². The van der Waals surface area contributed by atoms with Crippen molar-refractivity contribution in [2.24, 2.45) is 0 Å². The van der Waals surface area contributed by atoms with E-state index >= 15 is 0 Å². The second-order valence-corrected chi connectivity index (χ2v) is 7.48. The molecule has 0 atom stereocenters. The molecule has 0 aliphatic rings. The Labute approximate surface area is 139 Å². The van der Waals surface area contributed by atoms with Crippen molar-refractivity contribution in [1.82, 2.24) is 14.5 Å². The van der Waals surface area contributed by atoms with Gasteiger partial charge in [-0.15, -0.1) is 11.3 Å². The second kappa shape index (κ2) is 6.67. The monoisotopic (exact) mass is 329 g/mol. The first-order valence-electron chi connectivity index (χ1n) is 7.31. The SMILES string of the molecule is Cc1nc(CSc2nccn2-c2ccc(C(C)C)cc2)cs1. The van der Waals surface area contributed by atoms with Crippen LogP contribution in [0.25, 0.3) is 5.69 Å². The number of nitrogens with zero attached hydrogens (tertiary/aromatic N) is 3. The van der Waals surface area contributed by atoms with Gasteiger partial charge in [-0.25, -0.2) is 9.97 Å². The predicted octanol–water partition coefficient (Wildman–Crippen LogP) is 5.05. The van der Waals surface area contributed by atoms with Crippen molar-refractivity contribution < 1.29 is 0 Å². The third-order valence-electron chi connectivity index (χ3n) is 3.46. The Morgan fingerprint density at radius 3 is 2.64 bits per heavy atom. The van der Waals surface area contributed by atoms with Crippen molar-refractivity contribution in [1.29, 1.82) is 0 Å². The first-order chi connectivity index (χ1) is 10.6. The highest BCUT2D eigenvalue weighted by Crippen LogP contribution is 2.25. The molecule has 5 heteroatoms. The van der Waals surface area contributed by atoms with E-state index < -0.39 is 0 Å². The summed E-state index contributed by atoms with van der Waals surface area (Å²) in [6, 6.07) is 8.71. The van der Waals surface area contributed by atoms with Crippen molar-refractivity contribution in [2.45, 2.75) is 37.6 Å². The number of rotatable bonds is 5. The minimum Gasteiger partial charge on any atom is -0.295 e. The summed E-state index contributed by atoms with van der Waals surface area (Å²) >= 11 is 3.42. The van der Waals surface area contributed by atoms with Gasteiger partial charge in [0, 0.05) is 29.2 Å². The highest BCUT2D eigenvalue weighted by molar-refractivity contribution is 7.98. The molecular weight excluding hydrogens is 310 g/mol. The van der Waals surface area contributed by atoms with Crippen molar-refractivity contribution in [3.05, 3.63) is 58.3 Å². The molecule has 3 nitrogen and oxygen atoms in total. The summed E-state index contributed by atoms with van der Waals surface area (Å²) in [4.78, 5) is 8.98. The quantitative estimate of drug-likeness (QED) is 0.613. The predicted molar refractivity (Wildman–Crippen MR) is 94.1 cm³/mol. The number of hydrogen-bond acceptors (Lipinski definition) is 4. The largest absolute Gasteiger partial charge is 0.295 e. The molecule has 2 heterocycles. The van der Waals surface area contributed by atoms with E-state index in [9.17, 15) is 0 Å². The molecule has 0 spiro atoms. The third-order valence-corrected chi connectivity index (χ3v) is 5.28. The average Bonchev–Trinajstić information content (AvgIpc) is 3.14. The van der Waals surface area contributed by atoms with Crippen LogP contribution in [0.5, 0.6) is 0 Å². The molecule has 0 fully saturated rings. The fourth-order valence-electron chi connectivity index (χ4n) is 2.23. The molecule has 0 N–H and O–H groups in total. The van der Waals surface area contributed by atoms with Gasteiger partial charge in [0.05, 0.1) is 10.7 Å². The summed E-state index contributed by atoms with van der Waals surface area (Å²) in [5.41, 5.74) is 3.63. The Morgan fingerprint density at radius 2 is 2.00 bits per heavy atom. The van der Waals surface area contributed by atoms with Crippen LogP contribution < -0.4 is 0 Å². The van der Waals surface area contributed by atoms with Crippen LogP contribution in [-0.4, -0.2) is 14.5 Å². The summed E-state index contributed by atoms with van der Waals surface area (Å²) in [6.45, 7) is 6.46. The molecule has 114 valence electrons. The average molecular weight is 329 g/mol. The summed E-state index contributed by atoms with van der Waals surface area (Å²) in [5.74, 6) is 1.41. The molecule has 22 heavy (non-hydrogen) atoms. The zero-order valence-corrected chi connectivity index (χ0v) is 14.6. The Hall–Kier alpha value is -1.59. The Kier molecular flexibility index (Phi) is 4.64. The molecule has 1 aromatic carbocycles. The van der Waals surface area contributed by atoms with E-state index in [0.29, 0.717) is 5.92 Å². The lowest BCUT2D eigenvalue weighted by atomic mass is 10.0. The Bertz CT molecular complexity index is 741. The first kappa shape index (κ1) is 15.3. The maximum Gasteiger partial charge on any atom is 0.172 e. The summed E-state index contributed by atoms with van der Waals surface area (Å²) in [6.07, 6.45) is 3.87. The van der Waals surface area contributed by atoms with Crippen LogP contribution in [-0.2, 0) is 5.75 Å². The maximum atomic E-state index is 4.50. The Morgan fingerprint density at radius 1 is 1.23 bits per heavy atom. The van der Waals surface area contributed by atoms with Gasteiger partial charge < -0.3 is 0 Å². The smallest absolute Gasteiger partial charge is 0.172 e. The van der Waals surface area contributed by atoms with Crippen LogP contribution >= 0.6 is 23.1 Å². The normalized spacial score (nSPS) is 11.3. The standard InChI is InChI=1S/C17H19N3S2/c1-12(2)14-4-6-16(7-5-14)20-9-8-18-17(20)22-11-15-10-21-13(3)19-15/h4-10,12H,11H2,1-3H3. The van der Waals surface area contributed by atoms with E-state index in [-0.39, 0.29) is 0 Å². The van der Waals surface area contributed by atoms with E-state index in [1.54, 1.807) is 23.1 Å². The van der Waals surface area contributed by atoms with Crippen LogP contribution in [0.15, 0.2) is 47.2 Å². The van der Waals surface area contributed by atoms with Crippen molar-refractivity contribution in [3.63, 3.8) is 0 Å². The number of aryl methyl sites for hydroxylation is 1. The second-order valence-electron chi connectivity index (χ2n) is 5.47. The van der Waals surface area contributed by atoms with E-state index in [4.69, 9.17) is 0 Å². The van der Waals surface area contributed by atoms with Crippen LogP contribution in [0.2, 0.25) is 0 Å². The molecule has 0 saturated carbocycles. The number of thioether (sulfide) groups is 1. The molecule has 2 aromatic heterocycles. The van der Waals surface area contributed by atoms with Gasteiger partial charge in [-0.3, -0.25) is 4.57 Å². The lowest BCUT2D eigenvalue weighted by molar-refractivity contribution is 0.858. The molecule has 3 aromatic rings. The zero-order chi connectivity index (χ0) is 15.5. The third kappa shape index (κ3) is 3.42. The lowest BCUT2D eigenvalue weighted by Gasteiger charge is -2.09. The first-order valence-corrected chi connectivity index (χ1v) is 9.17.